The van der Waals surface area contributed by atoms with Gasteiger partial charge < -0.3 is 15.5 Å². The molecule has 0 radical (unpaired) electrons. The zero-order valence-electron chi connectivity index (χ0n) is 10.9. The van der Waals surface area contributed by atoms with Gasteiger partial charge in [0.1, 0.15) is 0 Å². The van der Waals surface area contributed by atoms with Crippen LogP contribution in [0.2, 0.25) is 0 Å². The summed E-state index contributed by atoms with van der Waals surface area (Å²) in [4.78, 5) is 0. The van der Waals surface area contributed by atoms with Gasteiger partial charge in [0.2, 0.25) is 0 Å². The monoisotopic (exact) mass is 278 g/mol. The van der Waals surface area contributed by atoms with Crippen LogP contribution in [-0.4, -0.2) is 5.11 Å². The molecule has 0 amide bonds. The highest BCUT2D eigenvalue weighted by Crippen LogP contribution is 2.23. The molecule has 4 aromatic rings. The van der Waals surface area contributed by atoms with Crippen LogP contribution in [0.5, 0.6) is 5.75 Å². The number of nitrogens with zero attached hydrogens (tertiary/aromatic N) is 2. The fraction of sp³-hybridized carbons (Fsp3) is 0. The lowest BCUT2D eigenvalue weighted by Gasteiger charge is -2.09. The Morgan fingerprint density at radius 2 is 1.33 bits per heavy atom. The largest absolute Gasteiger partial charge is 0.617 e. The zero-order valence-corrected chi connectivity index (χ0v) is 10.9. The molecule has 0 saturated heterocycles. The molecule has 4 rings (SSSR count). The molecule has 0 bridgehead atoms. The molecule has 0 aliphatic heterocycles. The maximum absolute atomic E-state index is 12.5. The van der Waals surface area contributed by atoms with Crippen molar-refractivity contribution >= 4 is 32.8 Å². The topological polar surface area (TPSA) is 74.1 Å². The molecule has 1 N–H and O–H groups in total. The fourth-order valence-electron chi connectivity index (χ4n) is 2.68. The third-order valence-electron chi connectivity index (χ3n) is 3.70. The number of hydrogen-bond donors (Lipinski definition) is 1. The molecule has 21 heavy (non-hydrogen) atoms. The van der Waals surface area contributed by atoms with E-state index in [-0.39, 0.29) is 27.8 Å². The Kier molecular flexibility index (Phi) is 2.21. The molecule has 0 saturated carbocycles. The number of phenolic OH excluding ortho intramolecular Hbond substituents is 1. The van der Waals surface area contributed by atoms with Gasteiger partial charge in [0, 0.05) is 18.2 Å². The Morgan fingerprint density at radius 1 is 0.714 bits per heavy atom. The smallest absolute Gasteiger partial charge is 0.332 e. The average molecular weight is 278 g/mol. The Balaban J connectivity index is 2.32. The van der Waals surface area contributed by atoms with Crippen LogP contribution in [0.15, 0.2) is 54.6 Å². The van der Waals surface area contributed by atoms with E-state index < -0.39 is 0 Å². The van der Waals surface area contributed by atoms with Crippen LogP contribution in [0, 0.1) is 10.4 Å². The number of hydrogen-bond acceptors (Lipinski definition) is 3. The van der Waals surface area contributed by atoms with Crippen LogP contribution in [0.1, 0.15) is 0 Å². The lowest BCUT2D eigenvalue weighted by Crippen LogP contribution is -2.39. The predicted octanol–water partition coefficient (Wildman–Crippen LogP) is 2.12. The standard InChI is InChI=1S/C16H10N2O3/c19-15-7-3-6-12-16(15)18(21)14-9-11-5-2-1-4-10(11)8-13(14)17(12)20/h1-9,19H. The maximum Gasteiger partial charge on any atom is 0.332 e. The molecule has 0 aliphatic carbocycles. The lowest BCUT2D eigenvalue weighted by molar-refractivity contribution is -0.591. The molecule has 0 fully saturated rings. The van der Waals surface area contributed by atoms with E-state index in [4.69, 9.17) is 0 Å². The summed E-state index contributed by atoms with van der Waals surface area (Å²) >= 11 is 0. The summed E-state index contributed by atoms with van der Waals surface area (Å²) in [5, 5.41) is 36.6. The minimum Gasteiger partial charge on any atom is -0.617 e. The minimum absolute atomic E-state index is 0.0183. The molecule has 5 heteroatoms. The van der Waals surface area contributed by atoms with Crippen molar-refractivity contribution in [2.24, 2.45) is 0 Å². The molecule has 3 aromatic carbocycles. The number of phenols is 1. The van der Waals surface area contributed by atoms with Gasteiger partial charge in [-0.1, -0.05) is 30.3 Å². The van der Waals surface area contributed by atoms with Gasteiger partial charge in [0.15, 0.2) is 5.75 Å². The van der Waals surface area contributed by atoms with Crippen LogP contribution in [0.3, 0.4) is 0 Å². The molecule has 1 aromatic heterocycles. The second-order valence-corrected chi connectivity index (χ2v) is 4.92. The van der Waals surface area contributed by atoms with Crippen molar-refractivity contribution in [1.29, 1.82) is 0 Å². The second-order valence-electron chi connectivity index (χ2n) is 4.92. The van der Waals surface area contributed by atoms with Crippen LogP contribution in [-0.2, 0) is 0 Å². The molecule has 1 heterocycles. The number of fused-ring (bicyclic) bond motifs is 3. The predicted molar refractivity (Wildman–Crippen MR) is 78.5 cm³/mol. The number of rotatable bonds is 0. The molecule has 0 atom stereocenters. The highest BCUT2D eigenvalue weighted by molar-refractivity contribution is 5.94. The molecule has 5 nitrogen and oxygen atoms in total. The van der Waals surface area contributed by atoms with Gasteiger partial charge >= 0.3 is 5.52 Å². The molecular formula is C16H10N2O3. The van der Waals surface area contributed by atoms with Gasteiger partial charge in [0.25, 0.3) is 16.6 Å². The van der Waals surface area contributed by atoms with E-state index >= 15 is 0 Å². The SMILES string of the molecule is [O-][n+]1c2cc3ccccc3cc2[n+]([O-])c2c(O)cccc21. The van der Waals surface area contributed by atoms with Crippen molar-refractivity contribution in [3.63, 3.8) is 0 Å². The van der Waals surface area contributed by atoms with E-state index in [0.29, 0.717) is 9.46 Å². The van der Waals surface area contributed by atoms with E-state index in [1.165, 1.54) is 12.1 Å². The van der Waals surface area contributed by atoms with Crippen molar-refractivity contribution < 1.29 is 14.6 Å². The van der Waals surface area contributed by atoms with Gasteiger partial charge in [-0.25, -0.2) is 0 Å². The third kappa shape index (κ3) is 1.51. The van der Waals surface area contributed by atoms with Crippen molar-refractivity contribution in [3.05, 3.63) is 65.0 Å². The quantitative estimate of drug-likeness (QED) is 0.304. The Morgan fingerprint density at radius 3 is 2.00 bits per heavy atom. The van der Waals surface area contributed by atoms with Crippen LogP contribution in [0.25, 0.3) is 32.8 Å². The van der Waals surface area contributed by atoms with E-state index in [1.54, 1.807) is 18.2 Å². The third-order valence-corrected chi connectivity index (χ3v) is 3.70. The van der Waals surface area contributed by atoms with Crippen LogP contribution >= 0.6 is 0 Å². The molecule has 0 unspecified atom stereocenters. The zero-order chi connectivity index (χ0) is 14.6. The summed E-state index contributed by atoms with van der Waals surface area (Å²) in [5.41, 5.74) is 0.641. The fourth-order valence-corrected chi connectivity index (χ4v) is 2.68. The average Bonchev–Trinajstić information content (AvgIpc) is 2.51. The summed E-state index contributed by atoms with van der Waals surface area (Å²) in [5.74, 6) is -0.206. The van der Waals surface area contributed by atoms with Gasteiger partial charge in [-0.2, -0.15) is 9.46 Å². The maximum atomic E-state index is 12.5. The number of benzene rings is 3. The van der Waals surface area contributed by atoms with Gasteiger partial charge in [-0.15, -0.1) is 0 Å². The van der Waals surface area contributed by atoms with E-state index in [2.05, 4.69) is 0 Å². The lowest BCUT2D eigenvalue weighted by atomic mass is 10.1. The minimum atomic E-state index is -0.206. The van der Waals surface area contributed by atoms with E-state index in [9.17, 15) is 15.5 Å². The molecular weight excluding hydrogens is 268 g/mol. The molecule has 102 valence electrons. The van der Waals surface area contributed by atoms with Gasteiger partial charge in [0.05, 0.1) is 0 Å². The van der Waals surface area contributed by atoms with E-state index in [1.807, 2.05) is 24.3 Å². The first-order valence-corrected chi connectivity index (χ1v) is 6.46. The summed E-state index contributed by atoms with van der Waals surface area (Å²) < 4.78 is 1.30. The summed E-state index contributed by atoms with van der Waals surface area (Å²) in [6.45, 7) is 0. The number of para-hydroxylation sites is 1. The first-order chi connectivity index (χ1) is 10.2. The summed E-state index contributed by atoms with van der Waals surface area (Å²) in [7, 11) is 0. The summed E-state index contributed by atoms with van der Waals surface area (Å²) in [6.07, 6.45) is 0. The van der Waals surface area contributed by atoms with Crippen molar-refractivity contribution in [2.75, 3.05) is 0 Å². The van der Waals surface area contributed by atoms with Crippen molar-refractivity contribution in [3.8, 4) is 5.75 Å². The van der Waals surface area contributed by atoms with Crippen LogP contribution in [0.4, 0.5) is 0 Å². The molecule has 0 spiro atoms. The van der Waals surface area contributed by atoms with E-state index in [0.717, 1.165) is 10.8 Å². The highest BCUT2D eigenvalue weighted by atomic mass is 16.5. The normalized spacial score (nSPS) is 11.4. The van der Waals surface area contributed by atoms with Gasteiger partial charge in [-0.3, -0.25) is 0 Å². The summed E-state index contributed by atoms with van der Waals surface area (Å²) in [6, 6.07) is 15.3. The van der Waals surface area contributed by atoms with Gasteiger partial charge in [-0.05, 0) is 16.8 Å². The molecule has 0 aliphatic rings. The Hall–Kier alpha value is -3.08. The Labute approximate surface area is 119 Å². The van der Waals surface area contributed by atoms with Crippen LogP contribution < -0.4 is 9.46 Å². The number of aromatic nitrogens is 2. The first-order valence-electron chi connectivity index (χ1n) is 6.46. The van der Waals surface area contributed by atoms with Crippen molar-refractivity contribution in [1.82, 2.24) is 0 Å². The van der Waals surface area contributed by atoms with Crippen molar-refractivity contribution in [2.45, 2.75) is 0 Å². The highest BCUT2D eigenvalue weighted by Gasteiger charge is 2.24. The first kappa shape index (κ1) is 11.7. The number of aromatic hydroxyl groups is 1. The Bertz CT molecular complexity index is 1030. The second kappa shape index (κ2) is 3.96.